The van der Waals surface area contributed by atoms with Gasteiger partial charge in [0.15, 0.2) is 0 Å². The molecule has 118 valence electrons. The lowest BCUT2D eigenvalue weighted by Crippen LogP contribution is -2.13. The van der Waals surface area contributed by atoms with Crippen LogP contribution in [-0.2, 0) is 6.42 Å². The summed E-state index contributed by atoms with van der Waals surface area (Å²) in [6.07, 6.45) is 0.359. The second-order valence-corrected chi connectivity index (χ2v) is 4.84. The fraction of sp³-hybridized carbons (Fsp3) is 0.0667. The number of hydrogen-bond donors (Lipinski definition) is 2. The van der Waals surface area contributed by atoms with Crippen LogP contribution in [0, 0.1) is 20.2 Å². The summed E-state index contributed by atoms with van der Waals surface area (Å²) in [4.78, 5) is 20.4. The van der Waals surface area contributed by atoms with Crippen LogP contribution in [-0.4, -0.2) is 9.85 Å². The standard InChI is InChI=1S/C15H14N4O4/c16-15(17)14(11-3-7-13(8-4-11)19(22)23)9-10-1-5-12(6-2-10)18(20)21/h1-8H,9,16-17H2. The Labute approximate surface area is 131 Å². The molecule has 0 aromatic heterocycles. The van der Waals surface area contributed by atoms with Gasteiger partial charge in [-0.25, -0.2) is 0 Å². The van der Waals surface area contributed by atoms with Crippen LogP contribution in [0.3, 0.4) is 0 Å². The topological polar surface area (TPSA) is 138 Å². The van der Waals surface area contributed by atoms with Crippen molar-refractivity contribution in [3.8, 4) is 0 Å². The zero-order valence-electron chi connectivity index (χ0n) is 12.0. The number of allylic oxidation sites excluding steroid dienone is 1. The lowest BCUT2D eigenvalue weighted by Gasteiger charge is -2.10. The SMILES string of the molecule is NC(N)=C(Cc1ccc([N+](=O)[O-])cc1)c1ccc([N+](=O)[O-])cc1. The maximum atomic E-state index is 10.7. The van der Waals surface area contributed by atoms with Gasteiger partial charge in [-0.1, -0.05) is 12.1 Å². The van der Waals surface area contributed by atoms with E-state index in [0.29, 0.717) is 17.6 Å². The molecule has 0 aliphatic carbocycles. The van der Waals surface area contributed by atoms with Gasteiger partial charge in [-0.3, -0.25) is 20.2 Å². The lowest BCUT2D eigenvalue weighted by molar-refractivity contribution is -0.385. The normalized spacial score (nSPS) is 10.1. The molecule has 2 aromatic rings. The number of nitrogens with zero attached hydrogens (tertiary/aromatic N) is 2. The Bertz CT molecular complexity index is 763. The highest BCUT2D eigenvalue weighted by Crippen LogP contribution is 2.24. The minimum Gasteiger partial charge on any atom is -0.385 e. The predicted octanol–water partition coefficient (Wildman–Crippen LogP) is 2.33. The third-order valence-electron chi connectivity index (χ3n) is 3.30. The summed E-state index contributed by atoms with van der Waals surface area (Å²) < 4.78 is 0. The molecule has 0 spiro atoms. The molecule has 2 aromatic carbocycles. The number of rotatable bonds is 5. The van der Waals surface area contributed by atoms with E-state index in [2.05, 4.69) is 0 Å². The van der Waals surface area contributed by atoms with Crippen molar-refractivity contribution in [2.75, 3.05) is 0 Å². The molecule has 2 rings (SSSR count). The minimum atomic E-state index is -0.491. The third-order valence-corrected chi connectivity index (χ3v) is 3.30. The van der Waals surface area contributed by atoms with Crippen molar-refractivity contribution in [1.29, 1.82) is 0 Å². The Hall–Kier alpha value is -3.42. The smallest absolute Gasteiger partial charge is 0.269 e. The molecule has 0 aliphatic rings. The number of non-ortho nitro benzene ring substituents is 2. The number of nitrogens with two attached hydrogens (primary N) is 2. The highest BCUT2D eigenvalue weighted by Gasteiger charge is 2.11. The summed E-state index contributed by atoms with van der Waals surface area (Å²) >= 11 is 0. The number of benzene rings is 2. The molecule has 0 atom stereocenters. The quantitative estimate of drug-likeness (QED) is 0.641. The minimum absolute atomic E-state index is 0.00432. The molecular weight excluding hydrogens is 300 g/mol. The summed E-state index contributed by atoms with van der Waals surface area (Å²) in [5.74, 6) is 0.0946. The van der Waals surface area contributed by atoms with E-state index in [4.69, 9.17) is 11.5 Å². The van der Waals surface area contributed by atoms with Gasteiger partial charge in [-0.15, -0.1) is 0 Å². The van der Waals surface area contributed by atoms with Crippen LogP contribution >= 0.6 is 0 Å². The Morgan fingerprint density at radius 2 is 1.26 bits per heavy atom. The summed E-state index contributed by atoms with van der Waals surface area (Å²) in [5.41, 5.74) is 13.4. The molecule has 0 saturated carbocycles. The van der Waals surface area contributed by atoms with Crippen molar-refractivity contribution in [1.82, 2.24) is 0 Å². The van der Waals surface area contributed by atoms with Crippen molar-refractivity contribution >= 4 is 16.9 Å². The average Bonchev–Trinajstić information content (AvgIpc) is 2.53. The first-order valence-corrected chi connectivity index (χ1v) is 6.60. The molecule has 0 amide bonds. The fourth-order valence-corrected chi connectivity index (χ4v) is 2.09. The molecule has 0 fully saturated rings. The second kappa shape index (κ2) is 6.56. The largest absolute Gasteiger partial charge is 0.385 e. The third kappa shape index (κ3) is 3.82. The van der Waals surface area contributed by atoms with E-state index in [1.54, 1.807) is 24.3 Å². The van der Waals surface area contributed by atoms with Crippen molar-refractivity contribution in [3.05, 3.63) is 85.7 Å². The van der Waals surface area contributed by atoms with E-state index in [1.807, 2.05) is 0 Å². The first-order chi connectivity index (χ1) is 10.9. The Morgan fingerprint density at radius 1 is 0.826 bits per heavy atom. The van der Waals surface area contributed by atoms with Gasteiger partial charge in [0.2, 0.25) is 0 Å². The zero-order valence-corrected chi connectivity index (χ0v) is 12.0. The van der Waals surface area contributed by atoms with Crippen molar-refractivity contribution in [2.24, 2.45) is 11.5 Å². The Balaban J connectivity index is 2.27. The van der Waals surface area contributed by atoms with E-state index < -0.39 is 9.85 Å². The average molecular weight is 314 g/mol. The molecule has 4 N–H and O–H groups in total. The number of hydrogen-bond acceptors (Lipinski definition) is 6. The molecule has 0 radical (unpaired) electrons. The summed E-state index contributed by atoms with van der Waals surface area (Å²) in [7, 11) is 0. The Kier molecular flexibility index (Phi) is 4.55. The summed E-state index contributed by atoms with van der Waals surface area (Å²) in [6.45, 7) is 0. The Morgan fingerprint density at radius 3 is 1.65 bits per heavy atom. The molecule has 0 aliphatic heterocycles. The van der Waals surface area contributed by atoms with E-state index >= 15 is 0 Å². The van der Waals surface area contributed by atoms with Crippen LogP contribution in [0.15, 0.2) is 54.4 Å². The van der Waals surface area contributed by atoms with Crippen molar-refractivity contribution in [3.63, 3.8) is 0 Å². The van der Waals surface area contributed by atoms with Crippen molar-refractivity contribution in [2.45, 2.75) is 6.42 Å². The lowest BCUT2D eigenvalue weighted by atomic mass is 9.97. The van der Waals surface area contributed by atoms with Crippen LogP contribution in [0.25, 0.3) is 5.57 Å². The van der Waals surface area contributed by atoms with E-state index in [1.165, 1.54) is 24.3 Å². The monoisotopic (exact) mass is 314 g/mol. The van der Waals surface area contributed by atoms with Gasteiger partial charge in [-0.05, 0) is 23.3 Å². The van der Waals surface area contributed by atoms with Gasteiger partial charge < -0.3 is 11.5 Å². The van der Waals surface area contributed by atoms with E-state index in [9.17, 15) is 20.2 Å². The van der Waals surface area contributed by atoms with Crippen molar-refractivity contribution < 1.29 is 9.85 Å². The van der Waals surface area contributed by atoms with Gasteiger partial charge in [0.1, 0.15) is 0 Å². The highest BCUT2D eigenvalue weighted by atomic mass is 16.6. The van der Waals surface area contributed by atoms with Crippen LogP contribution < -0.4 is 11.5 Å². The van der Waals surface area contributed by atoms with Crippen LogP contribution in [0.2, 0.25) is 0 Å². The van der Waals surface area contributed by atoms with Gasteiger partial charge in [0, 0.05) is 36.3 Å². The van der Waals surface area contributed by atoms with Crippen LogP contribution in [0.1, 0.15) is 11.1 Å². The molecular formula is C15H14N4O4. The number of nitro groups is 2. The highest BCUT2D eigenvalue weighted by molar-refractivity contribution is 5.70. The van der Waals surface area contributed by atoms with Gasteiger partial charge in [0.25, 0.3) is 11.4 Å². The van der Waals surface area contributed by atoms with E-state index in [0.717, 1.165) is 5.56 Å². The predicted molar refractivity (Wildman–Crippen MR) is 85.2 cm³/mol. The molecule has 23 heavy (non-hydrogen) atoms. The first-order valence-electron chi connectivity index (χ1n) is 6.60. The maximum absolute atomic E-state index is 10.7. The fourth-order valence-electron chi connectivity index (χ4n) is 2.09. The molecule has 0 unspecified atom stereocenters. The van der Waals surface area contributed by atoms with Crippen LogP contribution in [0.5, 0.6) is 0 Å². The van der Waals surface area contributed by atoms with Gasteiger partial charge in [-0.2, -0.15) is 0 Å². The molecule has 8 nitrogen and oxygen atoms in total. The van der Waals surface area contributed by atoms with Gasteiger partial charge >= 0.3 is 0 Å². The van der Waals surface area contributed by atoms with E-state index in [-0.39, 0.29) is 17.2 Å². The van der Waals surface area contributed by atoms with Gasteiger partial charge in [0.05, 0.1) is 15.7 Å². The molecule has 0 heterocycles. The second-order valence-electron chi connectivity index (χ2n) is 4.84. The summed E-state index contributed by atoms with van der Waals surface area (Å²) in [5, 5.41) is 21.3. The first kappa shape index (κ1) is 16.0. The molecule has 8 heteroatoms. The molecule has 0 saturated heterocycles. The maximum Gasteiger partial charge on any atom is 0.269 e. The number of nitro benzene ring substituents is 2. The molecule has 0 bridgehead atoms. The summed E-state index contributed by atoms with van der Waals surface area (Å²) in [6, 6.07) is 11.9. The van der Waals surface area contributed by atoms with Crippen LogP contribution in [0.4, 0.5) is 11.4 Å². The zero-order chi connectivity index (χ0) is 17.0.